The summed E-state index contributed by atoms with van der Waals surface area (Å²) >= 11 is 0. The van der Waals surface area contributed by atoms with Crippen molar-refractivity contribution in [1.82, 2.24) is 0 Å². The molecule has 0 saturated carbocycles. The van der Waals surface area contributed by atoms with Gasteiger partial charge in [0.15, 0.2) is 0 Å². The van der Waals surface area contributed by atoms with Crippen LogP contribution in [0.25, 0.3) is 0 Å². The molecule has 0 heterocycles. The van der Waals surface area contributed by atoms with E-state index in [1.54, 1.807) is 0 Å². The van der Waals surface area contributed by atoms with Gasteiger partial charge < -0.3 is 10.2 Å². The SMILES string of the molecule is Oc1[c-]cc(O)[c-]c1.[Li+].[Li+]. The van der Waals surface area contributed by atoms with Crippen molar-refractivity contribution in [2.75, 3.05) is 0 Å². The summed E-state index contributed by atoms with van der Waals surface area (Å²) in [7, 11) is 0. The minimum Gasteiger partial charge on any atom is -0.591 e. The van der Waals surface area contributed by atoms with Crippen LogP contribution in [0, 0.1) is 12.1 Å². The Morgan fingerprint density at radius 2 is 1.20 bits per heavy atom. The molecule has 0 bridgehead atoms. The summed E-state index contributed by atoms with van der Waals surface area (Å²) in [6, 6.07) is 7.24. The topological polar surface area (TPSA) is 40.5 Å². The summed E-state index contributed by atoms with van der Waals surface area (Å²) in [4.78, 5) is 0. The van der Waals surface area contributed by atoms with Gasteiger partial charge in [0, 0.05) is 0 Å². The first-order chi connectivity index (χ1) is 3.79. The average molecular weight is 122 g/mol. The van der Waals surface area contributed by atoms with Crippen LogP contribution >= 0.6 is 0 Å². The largest absolute Gasteiger partial charge is 1.00 e. The summed E-state index contributed by atoms with van der Waals surface area (Å²) in [6.45, 7) is 0. The minimum absolute atomic E-state index is 0. The third kappa shape index (κ3) is 3.93. The monoisotopic (exact) mass is 122 g/mol. The fourth-order valence-electron chi connectivity index (χ4n) is 0.368. The molecule has 0 unspecified atom stereocenters. The minimum atomic E-state index is -0.0113. The number of hydrogen-bond donors (Lipinski definition) is 2. The molecule has 0 amide bonds. The predicted molar refractivity (Wildman–Crippen MR) is 27.4 cm³/mol. The Bertz CT molecular complexity index is 153. The molecule has 0 radical (unpaired) electrons. The van der Waals surface area contributed by atoms with E-state index in [4.69, 9.17) is 10.2 Å². The predicted octanol–water partition coefficient (Wildman–Crippen LogP) is -5.29. The second kappa shape index (κ2) is 5.77. The Morgan fingerprint density at radius 3 is 1.40 bits per heavy atom. The van der Waals surface area contributed by atoms with Crippen LogP contribution in [0.15, 0.2) is 12.1 Å². The normalized spacial score (nSPS) is 7.20. The van der Waals surface area contributed by atoms with Crippen molar-refractivity contribution in [3.05, 3.63) is 24.3 Å². The van der Waals surface area contributed by atoms with Crippen molar-refractivity contribution < 1.29 is 47.9 Å². The zero-order valence-corrected chi connectivity index (χ0v) is 6.05. The van der Waals surface area contributed by atoms with Gasteiger partial charge >= 0.3 is 37.7 Å². The molecule has 0 fully saturated rings. The van der Waals surface area contributed by atoms with Crippen LogP contribution in [0.5, 0.6) is 11.5 Å². The molecule has 4 heteroatoms. The Labute approximate surface area is 83.6 Å². The molecule has 1 aromatic rings. The molecule has 0 saturated heterocycles. The molecule has 0 atom stereocenters. The van der Waals surface area contributed by atoms with Crippen molar-refractivity contribution in [1.29, 1.82) is 0 Å². The van der Waals surface area contributed by atoms with E-state index < -0.39 is 0 Å². The third-order valence-corrected chi connectivity index (χ3v) is 0.714. The number of hydrogen-bond acceptors (Lipinski definition) is 2. The van der Waals surface area contributed by atoms with Gasteiger partial charge in [0.2, 0.25) is 0 Å². The number of benzene rings is 1. The molecule has 0 aromatic heterocycles. The number of phenols is 2. The molecule has 2 N–H and O–H groups in total. The summed E-state index contributed by atoms with van der Waals surface area (Å²) in [5, 5.41) is 17.1. The van der Waals surface area contributed by atoms with Crippen LogP contribution in [-0.4, -0.2) is 10.2 Å². The van der Waals surface area contributed by atoms with E-state index in [0.717, 1.165) is 0 Å². The van der Waals surface area contributed by atoms with Gasteiger partial charge in [-0.15, -0.1) is 11.5 Å². The molecular formula is C6H4Li2O2. The van der Waals surface area contributed by atoms with E-state index in [1.165, 1.54) is 12.1 Å². The molecule has 0 aliphatic heterocycles. The van der Waals surface area contributed by atoms with Crippen molar-refractivity contribution >= 4 is 0 Å². The second-order valence-electron chi connectivity index (χ2n) is 1.35. The fraction of sp³-hybridized carbons (Fsp3) is 0. The average Bonchev–Trinajstić information content (AvgIpc) is 1.77. The van der Waals surface area contributed by atoms with Gasteiger partial charge in [0.05, 0.1) is 0 Å². The van der Waals surface area contributed by atoms with Gasteiger partial charge in [-0.05, 0) is 0 Å². The zero-order valence-electron chi connectivity index (χ0n) is 6.05. The summed E-state index contributed by atoms with van der Waals surface area (Å²) in [6.07, 6.45) is 0. The fourth-order valence-corrected chi connectivity index (χ4v) is 0.368. The van der Waals surface area contributed by atoms with E-state index in [0.29, 0.717) is 0 Å². The molecule has 1 aromatic carbocycles. The standard InChI is InChI=1S/C6H4O2.2Li/c7-5-1-2-6(8)4-3-5;;/h1,4,7-8H;;/q-2;2*+1. The Hall–Kier alpha value is 0.0148. The second-order valence-corrected chi connectivity index (χ2v) is 1.35. The van der Waals surface area contributed by atoms with Gasteiger partial charge in [-0.1, -0.05) is 0 Å². The molecule has 1 rings (SSSR count). The van der Waals surface area contributed by atoms with Gasteiger partial charge in [-0.2, -0.15) is 0 Å². The van der Waals surface area contributed by atoms with Crippen LogP contribution < -0.4 is 37.7 Å². The number of rotatable bonds is 0. The van der Waals surface area contributed by atoms with Crippen LogP contribution in [0.1, 0.15) is 0 Å². The van der Waals surface area contributed by atoms with Gasteiger partial charge in [-0.25, -0.2) is 12.1 Å². The maximum Gasteiger partial charge on any atom is 1.00 e. The van der Waals surface area contributed by atoms with Crippen molar-refractivity contribution in [3.63, 3.8) is 0 Å². The smallest absolute Gasteiger partial charge is 0.591 e. The maximum absolute atomic E-state index is 8.56. The maximum atomic E-state index is 8.56. The molecule has 0 spiro atoms. The van der Waals surface area contributed by atoms with Crippen LogP contribution in [0.3, 0.4) is 0 Å². The van der Waals surface area contributed by atoms with Crippen LogP contribution in [0.4, 0.5) is 0 Å². The molecule has 0 aliphatic carbocycles. The third-order valence-electron chi connectivity index (χ3n) is 0.714. The van der Waals surface area contributed by atoms with Crippen molar-refractivity contribution in [2.45, 2.75) is 0 Å². The van der Waals surface area contributed by atoms with E-state index in [1.807, 2.05) is 0 Å². The Morgan fingerprint density at radius 1 is 0.900 bits per heavy atom. The molecule has 2 nitrogen and oxygen atoms in total. The van der Waals surface area contributed by atoms with Gasteiger partial charge in [0.1, 0.15) is 0 Å². The summed E-state index contributed by atoms with van der Waals surface area (Å²) in [5.74, 6) is -0.0226. The molecular weight excluding hydrogens is 118 g/mol. The van der Waals surface area contributed by atoms with Gasteiger partial charge in [0.25, 0.3) is 0 Å². The molecule has 42 valence electrons. The zero-order chi connectivity index (χ0) is 5.98. The number of phenolic OH excluding ortho intramolecular Hbond substituents is 2. The van der Waals surface area contributed by atoms with Crippen LogP contribution in [0.2, 0.25) is 0 Å². The first kappa shape index (κ1) is 12.7. The molecule has 0 aliphatic rings. The van der Waals surface area contributed by atoms with E-state index >= 15 is 0 Å². The number of aromatic hydroxyl groups is 2. The van der Waals surface area contributed by atoms with Gasteiger partial charge in [-0.3, -0.25) is 12.1 Å². The summed E-state index contributed by atoms with van der Waals surface area (Å²) < 4.78 is 0. The molecule has 10 heavy (non-hydrogen) atoms. The van der Waals surface area contributed by atoms with E-state index in [2.05, 4.69) is 12.1 Å². The Balaban J connectivity index is 0. The van der Waals surface area contributed by atoms with E-state index in [-0.39, 0.29) is 49.2 Å². The van der Waals surface area contributed by atoms with Crippen LogP contribution in [-0.2, 0) is 0 Å². The first-order valence-corrected chi connectivity index (χ1v) is 2.10. The summed E-state index contributed by atoms with van der Waals surface area (Å²) in [5.41, 5.74) is 0. The first-order valence-electron chi connectivity index (χ1n) is 2.10. The Kier molecular flexibility index (Phi) is 7.32. The van der Waals surface area contributed by atoms with Crippen molar-refractivity contribution in [2.24, 2.45) is 0 Å². The van der Waals surface area contributed by atoms with E-state index in [9.17, 15) is 0 Å². The van der Waals surface area contributed by atoms with Crippen molar-refractivity contribution in [3.8, 4) is 11.5 Å². The quantitative estimate of drug-likeness (QED) is 0.205.